The van der Waals surface area contributed by atoms with Crippen molar-refractivity contribution in [1.29, 1.82) is 5.26 Å². The van der Waals surface area contributed by atoms with E-state index in [9.17, 15) is 5.26 Å². The van der Waals surface area contributed by atoms with Gasteiger partial charge in [0, 0.05) is 6.54 Å². The maximum atomic E-state index is 9.23. The summed E-state index contributed by atoms with van der Waals surface area (Å²) in [5.41, 5.74) is 1.84. The van der Waals surface area contributed by atoms with Gasteiger partial charge in [-0.1, -0.05) is 30.3 Å². The summed E-state index contributed by atoms with van der Waals surface area (Å²) in [5, 5.41) is 10.2. The van der Waals surface area contributed by atoms with Crippen LogP contribution in [0.15, 0.2) is 41.0 Å². The van der Waals surface area contributed by atoms with Gasteiger partial charge in [0.1, 0.15) is 11.8 Å². The summed E-state index contributed by atoms with van der Waals surface area (Å²) in [4.78, 5) is 7.42. The lowest BCUT2D eigenvalue weighted by atomic mass is 10.2. The Kier molecular flexibility index (Phi) is 2.19. The zero-order valence-electron chi connectivity index (χ0n) is 8.55. The molecule has 0 N–H and O–H groups in total. The fourth-order valence-corrected chi connectivity index (χ4v) is 3.02. The van der Waals surface area contributed by atoms with Gasteiger partial charge < -0.3 is 4.90 Å². The first kappa shape index (κ1) is 9.49. The zero-order valence-corrected chi connectivity index (χ0v) is 9.37. The normalized spacial score (nSPS) is 18.4. The zero-order chi connectivity index (χ0) is 11.0. The molecule has 4 heteroatoms. The molecule has 1 aromatic rings. The predicted molar refractivity (Wildman–Crippen MR) is 65.6 cm³/mol. The van der Waals surface area contributed by atoms with Gasteiger partial charge in [-0.05, 0) is 17.3 Å². The Morgan fingerprint density at radius 2 is 2.12 bits per heavy atom. The number of allylic oxidation sites excluding steroid dienone is 1. The molecule has 0 amide bonds. The summed E-state index contributed by atoms with van der Waals surface area (Å²) in [6.45, 7) is 1.64. The minimum absolute atomic E-state index is 0.743. The van der Waals surface area contributed by atoms with Crippen LogP contribution < -0.4 is 0 Å². The molecule has 3 nitrogen and oxygen atoms in total. The molecule has 16 heavy (non-hydrogen) atoms. The second-order valence-corrected chi connectivity index (χ2v) is 4.55. The fraction of sp³-hybridized carbons (Fsp3) is 0.167. The maximum absolute atomic E-state index is 9.23. The third-order valence-corrected chi connectivity index (χ3v) is 3.79. The van der Waals surface area contributed by atoms with Crippen LogP contribution >= 0.6 is 11.8 Å². The van der Waals surface area contributed by atoms with E-state index in [1.165, 1.54) is 0 Å². The first-order valence-electron chi connectivity index (χ1n) is 5.10. The molecular weight excluding hydrogens is 218 g/mol. The summed E-state index contributed by atoms with van der Waals surface area (Å²) in [6.07, 6.45) is 0. The molecule has 0 saturated carbocycles. The second kappa shape index (κ2) is 3.69. The number of fused-ring (bicyclic) bond motifs is 1. The monoisotopic (exact) mass is 227 g/mol. The van der Waals surface area contributed by atoms with Gasteiger partial charge >= 0.3 is 0 Å². The van der Waals surface area contributed by atoms with Crippen LogP contribution in [0, 0.1) is 11.3 Å². The van der Waals surface area contributed by atoms with Crippen molar-refractivity contribution in [3.8, 4) is 6.07 Å². The predicted octanol–water partition coefficient (Wildman–Crippen LogP) is 2.30. The molecule has 2 aliphatic heterocycles. The number of thioether (sulfide) groups is 1. The van der Waals surface area contributed by atoms with E-state index in [1.54, 1.807) is 11.8 Å². The third kappa shape index (κ3) is 1.33. The molecule has 78 valence electrons. The van der Waals surface area contributed by atoms with E-state index in [0.717, 1.165) is 34.4 Å². The molecule has 0 aromatic heterocycles. The highest BCUT2D eigenvalue weighted by atomic mass is 32.2. The van der Waals surface area contributed by atoms with Crippen molar-refractivity contribution in [2.24, 2.45) is 4.99 Å². The number of hydrogen-bond acceptors (Lipinski definition) is 4. The van der Waals surface area contributed by atoms with Gasteiger partial charge in [-0.25, -0.2) is 0 Å². The Labute approximate surface area is 98.1 Å². The number of nitriles is 1. The minimum atomic E-state index is 0.743. The Morgan fingerprint density at radius 3 is 2.88 bits per heavy atom. The first-order valence-corrected chi connectivity index (χ1v) is 5.91. The standard InChI is InChI=1S/C12H9N3S/c13-8-10-11(9-4-2-1-3-5-9)16-12-14-6-7-15(10)12/h1-5H,6-7H2. The van der Waals surface area contributed by atoms with Gasteiger partial charge in [0.15, 0.2) is 5.17 Å². The van der Waals surface area contributed by atoms with E-state index in [1.807, 2.05) is 35.2 Å². The average molecular weight is 227 g/mol. The average Bonchev–Trinajstić information content (AvgIpc) is 2.89. The van der Waals surface area contributed by atoms with Gasteiger partial charge in [0.05, 0.1) is 11.4 Å². The van der Waals surface area contributed by atoms with Gasteiger partial charge in [0.25, 0.3) is 0 Å². The highest BCUT2D eigenvalue weighted by molar-refractivity contribution is 8.22. The summed E-state index contributed by atoms with van der Waals surface area (Å²) < 4.78 is 0. The molecule has 0 saturated heterocycles. The van der Waals surface area contributed by atoms with Gasteiger partial charge in [-0.3, -0.25) is 4.99 Å². The quantitative estimate of drug-likeness (QED) is 0.739. The maximum Gasteiger partial charge on any atom is 0.169 e. The summed E-state index contributed by atoms with van der Waals surface area (Å²) in [6, 6.07) is 12.3. The number of hydrogen-bond donors (Lipinski definition) is 0. The Balaban J connectivity index is 2.08. The molecule has 0 fully saturated rings. The van der Waals surface area contributed by atoms with Crippen LogP contribution in [0.25, 0.3) is 4.91 Å². The van der Waals surface area contributed by atoms with Crippen molar-refractivity contribution in [2.75, 3.05) is 13.1 Å². The van der Waals surface area contributed by atoms with Gasteiger partial charge in [0.2, 0.25) is 0 Å². The van der Waals surface area contributed by atoms with Crippen molar-refractivity contribution < 1.29 is 0 Å². The van der Waals surface area contributed by atoms with Crippen LogP contribution in [0.1, 0.15) is 5.56 Å². The number of nitrogens with zero attached hydrogens (tertiary/aromatic N) is 3. The molecule has 0 radical (unpaired) electrons. The van der Waals surface area contributed by atoms with Crippen molar-refractivity contribution in [2.45, 2.75) is 0 Å². The van der Waals surface area contributed by atoms with Crippen molar-refractivity contribution in [3.63, 3.8) is 0 Å². The highest BCUT2D eigenvalue weighted by Gasteiger charge is 2.32. The van der Waals surface area contributed by atoms with Gasteiger partial charge in [-0.2, -0.15) is 5.26 Å². The van der Waals surface area contributed by atoms with Crippen LogP contribution in [0.5, 0.6) is 0 Å². The summed E-state index contributed by atoms with van der Waals surface area (Å²) in [5.74, 6) is 0. The SMILES string of the molecule is N#CC1=C(c2ccccc2)SC2=NCCN21. The molecule has 2 aliphatic rings. The molecule has 3 rings (SSSR count). The van der Waals surface area contributed by atoms with Crippen LogP contribution in [-0.2, 0) is 0 Å². The minimum Gasteiger partial charge on any atom is -0.309 e. The smallest absolute Gasteiger partial charge is 0.169 e. The highest BCUT2D eigenvalue weighted by Crippen LogP contribution is 2.42. The Hall–Kier alpha value is -1.73. The summed E-state index contributed by atoms with van der Waals surface area (Å²) >= 11 is 1.60. The molecule has 2 heterocycles. The van der Waals surface area contributed by atoms with E-state index in [4.69, 9.17) is 0 Å². The lowest BCUT2D eigenvalue weighted by Crippen LogP contribution is -2.19. The number of rotatable bonds is 1. The number of amidine groups is 1. The topological polar surface area (TPSA) is 39.4 Å². The third-order valence-electron chi connectivity index (χ3n) is 2.62. The Bertz CT molecular complexity index is 525. The van der Waals surface area contributed by atoms with Crippen LogP contribution in [0.3, 0.4) is 0 Å². The molecular formula is C12H9N3S. The number of benzene rings is 1. The van der Waals surface area contributed by atoms with E-state index >= 15 is 0 Å². The number of aliphatic imine (C=N–C) groups is 1. The molecule has 0 unspecified atom stereocenters. The Morgan fingerprint density at radius 1 is 1.31 bits per heavy atom. The van der Waals surface area contributed by atoms with E-state index in [0.29, 0.717) is 0 Å². The molecule has 0 spiro atoms. The fourth-order valence-electron chi connectivity index (χ4n) is 1.88. The first-order chi connectivity index (χ1) is 7.90. The van der Waals surface area contributed by atoms with E-state index < -0.39 is 0 Å². The van der Waals surface area contributed by atoms with E-state index in [-0.39, 0.29) is 0 Å². The van der Waals surface area contributed by atoms with Crippen molar-refractivity contribution in [3.05, 3.63) is 41.6 Å². The lowest BCUT2D eigenvalue weighted by molar-refractivity contribution is 0.597. The van der Waals surface area contributed by atoms with Crippen molar-refractivity contribution in [1.82, 2.24) is 4.90 Å². The van der Waals surface area contributed by atoms with Gasteiger partial charge in [-0.15, -0.1) is 0 Å². The van der Waals surface area contributed by atoms with Crippen LogP contribution in [0.2, 0.25) is 0 Å². The van der Waals surface area contributed by atoms with Crippen LogP contribution in [-0.4, -0.2) is 23.2 Å². The molecule has 1 aromatic carbocycles. The second-order valence-electron chi connectivity index (χ2n) is 3.57. The molecule has 0 aliphatic carbocycles. The van der Waals surface area contributed by atoms with Crippen LogP contribution in [0.4, 0.5) is 0 Å². The van der Waals surface area contributed by atoms with E-state index in [2.05, 4.69) is 11.1 Å². The van der Waals surface area contributed by atoms with Crippen molar-refractivity contribution >= 4 is 21.8 Å². The molecule has 0 bridgehead atoms. The largest absolute Gasteiger partial charge is 0.309 e. The lowest BCUT2D eigenvalue weighted by Gasteiger charge is -2.09. The summed E-state index contributed by atoms with van der Waals surface area (Å²) in [7, 11) is 0. The molecule has 0 atom stereocenters.